The van der Waals surface area contributed by atoms with Crippen molar-refractivity contribution >= 4 is 30.8 Å². The van der Waals surface area contributed by atoms with Crippen molar-refractivity contribution in [2.24, 2.45) is 5.92 Å². The summed E-state index contributed by atoms with van der Waals surface area (Å²) < 4.78 is 25.5. The van der Waals surface area contributed by atoms with Crippen LogP contribution in [0.4, 0.5) is 0 Å². The number of hydrogen-bond acceptors (Lipinski definition) is 5. The Bertz CT molecular complexity index is 680. The Morgan fingerprint density at radius 3 is 2.12 bits per heavy atom. The lowest BCUT2D eigenvalue weighted by atomic mass is 9.83. The molecule has 8 heteroatoms. The number of rotatable bonds is 5. The molecule has 1 aliphatic carbocycles. The molecule has 1 unspecified atom stereocenters. The zero-order chi connectivity index (χ0) is 18.2. The highest BCUT2D eigenvalue weighted by atomic mass is 35.5. The molecule has 0 saturated heterocycles. The number of ether oxygens (including phenoxy) is 2. The normalized spacial score (nSPS) is 29.3. The molecule has 0 fully saturated rings. The Labute approximate surface area is 147 Å². The van der Waals surface area contributed by atoms with Crippen molar-refractivity contribution in [3.63, 3.8) is 0 Å². The number of carbonyl (C=O) groups is 2. The number of carbonyl (C=O) groups excluding carboxylic acids is 2. The molecule has 2 heterocycles. The Hall–Kier alpha value is -1.10. The Kier molecular flexibility index (Phi) is 5.63. The van der Waals surface area contributed by atoms with E-state index < -0.39 is 30.8 Å². The highest BCUT2D eigenvalue weighted by Gasteiger charge is 2.57. The largest absolute Gasteiger partial charge is 0.466 e. The van der Waals surface area contributed by atoms with E-state index in [4.69, 9.17) is 21.1 Å². The zero-order valence-electron chi connectivity index (χ0n) is 14.6. The quantitative estimate of drug-likeness (QED) is 0.543. The number of esters is 2. The summed E-state index contributed by atoms with van der Waals surface area (Å²) >= 11 is 6.44. The molecule has 0 aromatic carbocycles. The summed E-state index contributed by atoms with van der Waals surface area (Å²) in [7, 11) is -0.467. The van der Waals surface area contributed by atoms with Crippen LogP contribution < -0.4 is 0 Å². The van der Waals surface area contributed by atoms with Gasteiger partial charge in [-0.1, -0.05) is 25.4 Å². The van der Waals surface area contributed by atoms with Crippen molar-refractivity contribution in [2.75, 3.05) is 33.5 Å². The molecule has 0 saturated carbocycles. The van der Waals surface area contributed by atoms with Crippen LogP contribution >= 0.6 is 18.9 Å². The van der Waals surface area contributed by atoms with Crippen LogP contribution in [0.25, 0.3) is 0 Å². The van der Waals surface area contributed by atoms with E-state index in [2.05, 4.69) is 0 Å². The number of halogens is 1. The summed E-state index contributed by atoms with van der Waals surface area (Å²) in [5.41, 5.74) is 0.272. The minimum Gasteiger partial charge on any atom is -0.466 e. The van der Waals surface area contributed by atoms with Crippen molar-refractivity contribution in [1.82, 2.24) is 4.67 Å². The lowest BCUT2D eigenvalue weighted by Gasteiger charge is -2.47. The van der Waals surface area contributed by atoms with Crippen LogP contribution in [-0.2, 0) is 23.6 Å². The highest BCUT2D eigenvalue weighted by Crippen LogP contribution is 2.68. The molecule has 0 aromatic heterocycles. The molecule has 0 aromatic rings. The van der Waals surface area contributed by atoms with Gasteiger partial charge in [-0.3, -0.25) is 4.67 Å². The summed E-state index contributed by atoms with van der Waals surface area (Å²) in [6.45, 7) is 6.80. The van der Waals surface area contributed by atoms with Gasteiger partial charge in [0.25, 0.3) is 0 Å². The average molecular weight is 376 g/mol. The van der Waals surface area contributed by atoms with E-state index >= 15 is 0 Å². The molecule has 2 bridgehead atoms. The van der Waals surface area contributed by atoms with E-state index in [1.165, 1.54) is 14.2 Å². The van der Waals surface area contributed by atoms with Gasteiger partial charge in [0.1, 0.15) is 0 Å². The van der Waals surface area contributed by atoms with Crippen molar-refractivity contribution < 1.29 is 23.6 Å². The first-order valence-corrected chi connectivity index (χ1v) is 10.2. The molecule has 3 rings (SSSR count). The predicted octanol–water partition coefficient (Wildman–Crippen LogP) is 2.77. The van der Waals surface area contributed by atoms with Gasteiger partial charge in [-0.15, -0.1) is 0 Å². The van der Waals surface area contributed by atoms with Gasteiger partial charge in [-0.2, -0.15) is 0 Å². The van der Waals surface area contributed by atoms with Gasteiger partial charge < -0.3 is 14.0 Å². The molecule has 0 N–H and O–H groups in total. The van der Waals surface area contributed by atoms with E-state index in [9.17, 15) is 14.2 Å². The average Bonchev–Trinajstić information content (AvgIpc) is 2.57. The molecule has 3 atom stereocenters. The van der Waals surface area contributed by atoms with E-state index in [0.717, 1.165) is 0 Å². The van der Waals surface area contributed by atoms with Gasteiger partial charge in [0.05, 0.1) is 31.0 Å². The SMILES string of the molecule is CCN(CC)P1(=O)C[C@@H]2C(Cl)=C(C)[C@H]1C(C(=O)OC)=C2C(=O)OC. The van der Waals surface area contributed by atoms with Crippen molar-refractivity contribution in [1.29, 1.82) is 0 Å². The molecular formula is C16H23ClNO5P. The Morgan fingerprint density at radius 1 is 1.17 bits per heavy atom. The van der Waals surface area contributed by atoms with Gasteiger partial charge in [0.15, 0.2) is 7.29 Å². The number of allylic oxidation sites excluding steroid dienone is 2. The minimum absolute atomic E-state index is 0.137. The van der Waals surface area contributed by atoms with E-state index in [1.807, 2.05) is 18.5 Å². The lowest BCUT2D eigenvalue weighted by Crippen LogP contribution is -2.44. The topological polar surface area (TPSA) is 72.9 Å². The monoisotopic (exact) mass is 375 g/mol. The lowest BCUT2D eigenvalue weighted by molar-refractivity contribution is -0.139. The molecule has 0 spiro atoms. The molecule has 0 amide bonds. The summed E-state index contributed by atoms with van der Waals surface area (Å²) in [5.74, 6) is -1.87. The second-order valence-corrected chi connectivity index (χ2v) is 9.24. The molecule has 2 aliphatic heterocycles. The van der Waals surface area contributed by atoms with E-state index in [0.29, 0.717) is 23.7 Å². The van der Waals surface area contributed by atoms with Gasteiger partial charge in [0.2, 0.25) is 0 Å². The first-order valence-electron chi connectivity index (χ1n) is 7.89. The first-order chi connectivity index (χ1) is 11.3. The number of hydrogen-bond donors (Lipinski definition) is 0. The van der Waals surface area contributed by atoms with Crippen LogP contribution in [0.2, 0.25) is 0 Å². The van der Waals surface area contributed by atoms with Crippen LogP contribution in [0, 0.1) is 5.92 Å². The van der Waals surface area contributed by atoms with Gasteiger partial charge in [-0.25, -0.2) is 9.59 Å². The number of methoxy groups -OCH3 is 2. The predicted molar refractivity (Wildman–Crippen MR) is 92.3 cm³/mol. The van der Waals surface area contributed by atoms with Crippen LogP contribution in [0.3, 0.4) is 0 Å². The van der Waals surface area contributed by atoms with Crippen LogP contribution in [0.5, 0.6) is 0 Å². The molecule has 134 valence electrons. The molecule has 3 aliphatic rings. The van der Waals surface area contributed by atoms with Crippen LogP contribution in [-0.4, -0.2) is 55.7 Å². The first kappa shape index (κ1) is 19.2. The van der Waals surface area contributed by atoms with Crippen molar-refractivity contribution in [3.05, 3.63) is 21.8 Å². The smallest absolute Gasteiger partial charge is 0.335 e. The van der Waals surface area contributed by atoms with Crippen molar-refractivity contribution in [3.8, 4) is 0 Å². The Balaban J connectivity index is 2.75. The second kappa shape index (κ2) is 7.03. The van der Waals surface area contributed by atoms with E-state index in [-0.39, 0.29) is 17.3 Å². The summed E-state index contributed by atoms with van der Waals surface area (Å²) in [4.78, 5) is 24.7. The highest BCUT2D eigenvalue weighted by molar-refractivity contribution is 7.63. The van der Waals surface area contributed by atoms with Gasteiger partial charge in [0, 0.05) is 30.2 Å². The summed E-state index contributed by atoms with van der Waals surface area (Å²) in [5, 5.41) is 0.478. The van der Waals surface area contributed by atoms with Crippen molar-refractivity contribution in [2.45, 2.75) is 26.4 Å². The molecule has 24 heavy (non-hydrogen) atoms. The third-order valence-electron chi connectivity index (χ3n) is 4.87. The number of fused-ring (bicyclic) bond motifs is 1. The maximum absolute atomic E-state index is 13.9. The molecular weight excluding hydrogens is 353 g/mol. The van der Waals surface area contributed by atoms with Crippen LogP contribution in [0.1, 0.15) is 20.8 Å². The third kappa shape index (κ3) is 2.65. The molecule has 6 nitrogen and oxygen atoms in total. The molecule has 0 radical (unpaired) electrons. The third-order valence-corrected chi connectivity index (χ3v) is 9.30. The standard InChI is InChI=1S/C16H23ClNO5P/c1-6-18(7-2)24(21)8-10-11(15(19)22-4)12(16(20)23-5)14(24)9(3)13(10)17/h10,14H,6-8H2,1-5H3/t10-,14-,24?/m0/s1. The number of nitrogens with zero attached hydrogens (tertiary/aromatic N) is 1. The van der Waals surface area contributed by atoms with Crippen LogP contribution in [0.15, 0.2) is 21.8 Å². The summed E-state index contributed by atoms with van der Waals surface area (Å²) in [6, 6.07) is 0. The summed E-state index contributed by atoms with van der Waals surface area (Å²) in [6.07, 6.45) is 0.237. The fourth-order valence-corrected chi connectivity index (χ4v) is 8.29. The Morgan fingerprint density at radius 2 is 1.67 bits per heavy atom. The maximum Gasteiger partial charge on any atom is 0.335 e. The fraction of sp³-hybridized carbons (Fsp3) is 0.625. The van der Waals surface area contributed by atoms with Gasteiger partial charge in [-0.05, 0) is 12.5 Å². The minimum atomic E-state index is -2.96. The zero-order valence-corrected chi connectivity index (χ0v) is 16.2. The maximum atomic E-state index is 13.9. The van der Waals surface area contributed by atoms with E-state index in [1.54, 1.807) is 6.92 Å². The second-order valence-electron chi connectivity index (χ2n) is 5.87. The fourth-order valence-electron chi connectivity index (χ4n) is 3.80. The van der Waals surface area contributed by atoms with Gasteiger partial charge >= 0.3 is 11.9 Å².